The molecule has 2 aliphatic carbocycles. The Morgan fingerprint density at radius 3 is 1.33 bits per heavy atom. The second-order valence-corrected chi connectivity index (χ2v) is 10.00. The number of ketones is 2. The molecule has 6 rings (SSSR count). The number of anilines is 2. The van der Waals surface area contributed by atoms with Gasteiger partial charge in [-0.15, -0.1) is 0 Å². The van der Waals surface area contributed by atoms with Crippen LogP contribution in [0.25, 0.3) is 0 Å². The molecular formula is C32H20Cl2N6NiO4. The number of benzene rings is 2. The van der Waals surface area contributed by atoms with Crippen LogP contribution in [0.4, 0.5) is 11.4 Å². The fraction of sp³-hybridized carbons (Fsp3) is 0. The Morgan fingerprint density at radius 1 is 0.600 bits per heavy atom. The summed E-state index contributed by atoms with van der Waals surface area (Å²) in [5.41, 5.74) is 9.84. The number of aromatic nitrogens is 2. The number of nitrogens with zero attached hydrogens (tertiary/aromatic N) is 4. The van der Waals surface area contributed by atoms with Gasteiger partial charge in [-0.2, -0.15) is 10.2 Å². The molecule has 2 heterocycles. The molecule has 10 nitrogen and oxygen atoms in total. The van der Waals surface area contributed by atoms with Crippen LogP contribution < -0.4 is 10.9 Å². The van der Waals surface area contributed by atoms with Crippen molar-refractivity contribution in [1.29, 1.82) is 0 Å². The first kappa shape index (κ1) is 32.8. The summed E-state index contributed by atoms with van der Waals surface area (Å²) in [6.07, 6.45) is 6.93. The summed E-state index contributed by atoms with van der Waals surface area (Å²) in [5, 5.41) is 9.75. The van der Waals surface area contributed by atoms with Crippen LogP contribution in [0.3, 0.4) is 0 Å². The van der Waals surface area contributed by atoms with Crippen LogP contribution in [0.1, 0.15) is 32.1 Å². The molecule has 45 heavy (non-hydrogen) atoms. The molecule has 2 aromatic carbocycles. The van der Waals surface area contributed by atoms with Gasteiger partial charge in [0, 0.05) is 50.1 Å². The van der Waals surface area contributed by atoms with Crippen LogP contribution in [0.15, 0.2) is 119 Å². The molecule has 2 aromatic heterocycles. The Morgan fingerprint density at radius 2 is 0.978 bits per heavy atom. The predicted molar refractivity (Wildman–Crippen MR) is 169 cm³/mol. The Kier molecular flexibility index (Phi) is 11.0. The van der Waals surface area contributed by atoms with Crippen molar-refractivity contribution in [2.75, 3.05) is 10.9 Å². The van der Waals surface area contributed by atoms with Crippen molar-refractivity contribution in [3.8, 4) is 0 Å². The first-order valence-electron chi connectivity index (χ1n) is 12.9. The molecule has 0 spiro atoms. The number of pyridine rings is 2. The van der Waals surface area contributed by atoms with E-state index in [1.54, 1.807) is 72.8 Å². The Labute approximate surface area is 276 Å². The molecule has 226 valence electrons. The Bertz CT molecular complexity index is 1770. The van der Waals surface area contributed by atoms with Crippen molar-refractivity contribution in [3.63, 3.8) is 0 Å². The number of nitrogens with one attached hydrogen (secondary N) is 2. The number of halogens is 2. The molecule has 4 aromatic rings. The summed E-state index contributed by atoms with van der Waals surface area (Å²) in [6.45, 7) is 0. The van der Waals surface area contributed by atoms with E-state index in [-0.39, 0.29) is 39.0 Å². The van der Waals surface area contributed by atoms with E-state index in [1.165, 1.54) is 24.5 Å². The number of hydrazone groups is 2. The maximum absolute atomic E-state index is 12.1. The molecule has 2 N–H and O–H groups in total. The number of hydrogen-bond donors (Lipinski definition) is 2. The van der Waals surface area contributed by atoms with Crippen LogP contribution in [-0.4, -0.2) is 45.5 Å². The van der Waals surface area contributed by atoms with E-state index in [4.69, 9.17) is 23.2 Å². The molecule has 0 amide bonds. The fourth-order valence-electron chi connectivity index (χ4n) is 4.10. The maximum Gasteiger partial charge on any atom is 0.215 e. The summed E-state index contributed by atoms with van der Waals surface area (Å²) in [5.74, 6) is -0.785. The number of aldehydes is 2. The number of Topliss-reactive ketones (excluding diaryl/α,β-unsaturated/α-hetero) is 2. The minimum absolute atomic E-state index is 0. The summed E-state index contributed by atoms with van der Waals surface area (Å²) in [4.78, 5) is 54.2. The maximum atomic E-state index is 12.1. The van der Waals surface area contributed by atoms with Crippen molar-refractivity contribution < 1.29 is 35.7 Å². The standard InChI is InChI=1S/2C16H10ClN3O2.Ni/c2*17-11-3-5-12(6-4-11)19-20-14-8-10(9-21)16(22)15-13(14)2-1-7-18-15;/h2*1-9,19H;/b2*20-14-;. The zero-order valence-electron chi connectivity index (χ0n) is 22.9. The van der Waals surface area contributed by atoms with Crippen molar-refractivity contribution in [3.05, 3.63) is 141 Å². The van der Waals surface area contributed by atoms with Gasteiger partial charge in [-0.05, 0) is 84.9 Å². The zero-order chi connectivity index (χ0) is 31.1. The monoisotopic (exact) mass is 680 g/mol. The number of allylic oxidation sites excluding steroid dienone is 4. The summed E-state index contributed by atoms with van der Waals surface area (Å²) in [6, 6.07) is 20.9. The van der Waals surface area contributed by atoms with Gasteiger partial charge in [0.05, 0.1) is 33.9 Å². The molecule has 0 bridgehead atoms. The normalized spacial score (nSPS) is 14.9. The van der Waals surface area contributed by atoms with Crippen molar-refractivity contribution in [2.24, 2.45) is 10.2 Å². The SMILES string of the molecule is O=CC1=C/C(=N/Nc2ccc(Cl)cc2)c2cccnc2C1=O.O=CC1=C/C(=N/Nc2ccc(Cl)cc2)c2cccnc2C1=O.[Ni]. The van der Waals surface area contributed by atoms with Crippen LogP contribution in [-0.2, 0) is 26.1 Å². The third kappa shape index (κ3) is 7.71. The summed E-state index contributed by atoms with van der Waals surface area (Å²) < 4.78 is 0. The predicted octanol–water partition coefficient (Wildman–Crippen LogP) is 5.74. The zero-order valence-corrected chi connectivity index (χ0v) is 25.4. The van der Waals surface area contributed by atoms with E-state index in [1.807, 2.05) is 0 Å². The quantitative estimate of drug-likeness (QED) is 0.114. The van der Waals surface area contributed by atoms with E-state index >= 15 is 0 Å². The summed E-state index contributed by atoms with van der Waals surface area (Å²) >= 11 is 11.6. The smallest absolute Gasteiger partial charge is 0.215 e. The number of carbonyl (C=O) groups is 4. The fourth-order valence-corrected chi connectivity index (χ4v) is 4.35. The number of carbonyl (C=O) groups excluding carboxylic acids is 4. The minimum Gasteiger partial charge on any atom is -0.298 e. The molecule has 0 fully saturated rings. The topological polar surface area (TPSA) is 143 Å². The molecule has 0 atom stereocenters. The van der Waals surface area contributed by atoms with Crippen LogP contribution in [0.5, 0.6) is 0 Å². The van der Waals surface area contributed by atoms with E-state index < -0.39 is 11.6 Å². The molecular weight excluding hydrogens is 662 g/mol. The van der Waals surface area contributed by atoms with E-state index in [2.05, 4.69) is 31.0 Å². The van der Waals surface area contributed by atoms with Crippen molar-refractivity contribution >= 4 is 70.1 Å². The van der Waals surface area contributed by atoms with Crippen LogP contribution in [0, 0.1) is 0 Å². The second kappa shape index (κ2) is 15.1. The van der Waals surface area contributed by atoms with Crippen LogP contribution >= 0.6 is 23.2 Å². The molecule has 0 saturated heterocycles. The van der Waals surface area contributed by atoms with Gasteiger partial charge in [0.1, 0.15) is 11.4 Å². The van der Waals surface area contributed by atoms with E-state index in [0.29, 0.717) is 45.2 Å². The van der Waals surface area contributed by atoms with Crippen LogP contribution in [0.2, 0.25) is 10.0 Å². The Balaban J connectivity index is 0.000000200. The van der Waals surface area contributed by atoms with Gasteiger partial charge >= 0.3 is 0 Å². The first-order valence-corrected chi connectivity index (χ1v) is 13.7. The van der Waals surface area contributed by atoms with Gasteiger partial charge in [-0.3, -0.25) is 40.0 Å². The van der Waals surface area contributed by atoms with Gasteiger partial charge in [-0.25, -0.2) is 0 Å². The molecule has 0 radical (unpaired) electrons. The Hall–Kier alpha value is -5.09. The third-order valence-electron chi connectivity index (χ3n) is 6.26. The second-order valence-electron chi connectivity index (χ2n) is 9.12. The van der Waals surface area contributed by atoms with Gasteiger partial charge in [-0.1, -0.05) is 23.2 Å². The average molecular weight is 682 g/mol. The van der Waals surface area contributed by atoms with E-state index in [9.17, 15) is 19.2 Å². The average Bonchev–Trinajstić information content (AvgIpc) is 3.06. The molecule has 2 aliphatic rings. The van der Waals surface area contributed by atoms with Crippen molar-refractivity contribution in [2.45, 2.75) is 0 Å². The largest absolute Gasteiger partial charge is 0.298 e. The number of hydrogen-bond acceptors (Lipinski definition) is 10. The van der Waals surface area contributed by atoms with Gasteiger partial charge < -0.3 is 0 Å². The van der Waals surface area contributed by atoms with E-state index in [0.717, 1.165) is 11.4 Å². The number of fused-ring (bicyclic) bond motifs is 2. The third-order valence-corrected chi connectivity index (χ3v) is 6.76. The van der Waals surface area contributed by atoms with Gasteiger partial charge in [0.15, 0.2) is 12.6 Å². The van der Waals surface area contributed by atoms with Gasteiger partial charge in [0.25, 0.3) is 0 Å². The number of rotatable bonds is 6. The molecule has 0 saturated carbocycles. The minimum atomic E-state index is -0.393. The molecule has 0 unspecified atom stereocenters. The molecule has 13 heteroatoms. The first-order chi connectivity index (χ1) is 21.4. The van der Waals surface area contributed by atoms with Crippen molar-refractivity contribution in [1.82, 2.24) is 9.97 Å². The summed E-state index contributed by atoms with van der Waals surface area (Å²) in [7, 11) is 0. The molecule has 0 aliphatic heterocycles. The van der Waals surface area contributed by atoms with Gasteiger partial charge in [0.2, 0.25) is 11.6 Å².